The van der Waals surface area contributed by atoms with Crippen LogP contribution < -0.4 is 21.3 Å². The molecule has 3 aromatic heterocycles. The molecule has 5 heterocycles. The summed E-state index contributed by atoms with van der Waals surface area (Å²) >= 11 is 0. The van der Waals surface area contributed by atoms with E-state index in [2.05, 4.69) is 57.9 Å². The van der Waals surface area contributed by atoms with Gasteiger partial charge in [0.15, 0.2) is 11.5 Å². The third-order valence-electron chi connectivity index (χ3n) is 7.98. The molecule has 2 aliphatic heterocycles. The molecule has 0 radical (unpaired) electrons. The largest absolute Gasteiger partial charge is 0.367 e. The van der Waals surface area contributed by atoms with Crippen LogP contribution in [0.5, 0.6) is 0 Å². The zero-order valence-electron chi connectivity index (χ0n) is 22.8. The third kappa shape index (κ3) is 4.04. The Hall–Kier alpha value is -4.25. The smallest absolute Gasteiger partial charge is 0.278 e. The van der Waals surface area contributed by atoms with Crippen LogP contribution in [0.15, 0.2) is 58.8 Å². The fourth-order valence-corrected chi connectivity index (χ4v) is 5.61. The maximum atomic E-state index is 13.2. The van der Waals surface area contributed by atoms with E-state index in [0.29, 0.717) is 28.3 Å². The van der Waals surface area contributed by atoms with Crippen molar-refractivity contribution in [1.29, 1.82) is 0 Å². The fourth-order valence-electron chi connectivity index (χ4n) is 5.61. The normalized spacial score (nSPS) is 16.5. The van der Waals surface area contributed by atoms with Gasteiger partial charge in [0.05, 0.1) is 18.1 Å². The fraction of sp³-hybridized carbons (Fsp3) is 0.393. The molecule has 1 N–H and O–H groups in total. The molecule has 1 spiro atoms. The Balaban J connectivity index is 1.34. The van der Waals surface area contributed by atoms with Crippen molar-refractivity contribution in [1.82, 2.24) is 34.0 Å². The molecule has 2 aliphatic rings. The Morgan fingerprint density at radius 1 is 1.18 bits per heavy atom. The maximum absolute atomic E-state index is 13.2. The average Bonchev–Trinajstić information content (AvgIpc) is 3.14. The van der Waals surface area contributed by atoms with Crippen LogP contribution in [-0.4, -0.2) is 66.2 Å². The van der Waals surface area contributed by atoms with Crippen molar-refractivity contribution in [3.63, 3.8) is 0 Å². The number of fused-ring (bicyclic) bond motifs is 1. The standard InChI is InChI=1S/C28H33N9O2/c1-6-12-35-26(39)21-15-29-27(31-25(21)37(35)23-9-10-24(38)36(32-23)18(2)3)30-20-7-8-22(19(4)14-20)34-16-28(17-34)11-13-33(28)5/h6-10,14-15,18H,1,11-13,16-17H2,2-5H3,(H,29,30,31). The first kappa shape index (κ1) is 25.1. The summed E-state index contributed by atoms with van der Waals surface area (Å²) in [6, 6.07) is 9.16. The van der Waals surface area contributed by atoms with E-state index >= 15 is 0 Å². The van der Waals surface area contributed by atoms with Crippen LogP contribution in [0.4, 0.5) is 17.3 Å². The molecule has 11 nitrogen and oxygen atoms in total. The van der Waals surface area contributed by atoms with Crippen LogP contribution in [0.3, 0.4) is 0 Å². The molecule has 2 saturated heterocycles. The number of benzene rings is 1. The maximum Gasteiger partial charge on any atom is 0.278 e. The van der Waals surface area contributed by atoms with E-state index in [1.54, 1.807) is 16.8 Å². The van der Waals surface area contributed by atoms with Gasteiger partial charge in [-0.05, 0) is 64.1 Å². The minimum absolute atomic E-state index is 0.145. The van der Waals surface area contributed by atoms with Crippen LogP contribution >= 0.6 is 0 Å². The lowest BCUT2D eigenvalue weighted by Crippen LogP contribution is -2.76. The topological polar surface area (TPSA) is 106 Å². The first-order valence-electron chi connectivity index (χ1n) is 13.2. The summed E-state index contributed by atoms with van der Waals surface area (Å²) in [5.74, 6) is 0.766. The molecule has 0 unspecified atom stereocenters. The first-order chi connectivity index (χ1) is 18.7. The quantitative estimate of drug-likeness (QED) is 0.366. The van der Waals surface area contributed by atoms with E-state index in [-0.39, 0.29) is 23.7 Å². The highest BCUT2D eigenvalue weighted by Crippen LogP contribution is 2.41. The summed E-state index contributed by atoms with van der Waals surface area (Å²) in [5.41, 5.74) is 3.55. The third-order valence-corrected chi connectivity index (χ3v) is 7.98. The Morgan fingerprint density at radius 2 is 1.97 bits per heavy atom. The second-order valence-electron chi connectivity index (χ2n) is 10.9. The van der Waals surface area contributed by atoms with Gasteiger partial charge >= 0.3 is 0 Å². The molecular weight excluding hydrogens is 494 g/mol. The molecule has 4 aromatic rings. The van der Waals surface area contributed by atoms with Gasteiger partial charge in [0.1, 0.15) is 5.39 Å². The number of likely N-dealkylation sites (N-methyl/N-ethyl adjacent to an activating group) is 1. The minimum atomic E-state index is -0.259. The summed E-state index contributed by atoms with van der Waals surface area (Å²) in [4.78, 5) is 39.6. The van der Waals surface area contributed by atoms with Gasteiger partial charge in [0.25, 0.3) is 11.1 Å². The lowest BCUT2D eigenvalue weighted by Gasteiger charge is -2.62. The predicted octanol–water partition coefficient (Wildman–Crippen LogP) is 2.85. The predicted molar refractivity (Wildman–Crippen MR) is 152 cm³/mol. The highest BCUT2D eigenvalue weighted by atomic mass is 16.1. The van der Waals surface area contributed by atoms with Crippen LogP contribution in [-0.2, 0) is 6.54 Å². The molecule has 0 aliphatic carbocycles. The number of aromatic nitrogens is 6. The van der Waals surface area contributed by atoms with Crippen LogP contribution in [0, 0.1) is 6.92 Å². The number of nitrogens with zero attached hydrogens (tertiary/aromatic N) is 8. The van der Waals surface area contributed by atoms with E-state index in [9.17, 15) is 9.59 Å². The molecular formula is C28H33N9O2. The molecule has 6 rings (SSSR count). The van der Waals surface area contributed by atoms with Crippen molar-refractivity contribution in [2.24, 2.45) is 0 Å². The molecule has 39 heavy (non-hydrogen) atoms. The van der Waals surface area contributed by atoms with E-state index < -0.39 is 0 Å². The van der Waals surface area contributed by atoms with Gasteiger partial charge < -0.3 is 10.2 Å². The van der Waals surface area contributed by atoms with Gasteiger partial charge in [-0.25, -0.2) is 19.0 Å². The van der Waals surface area contributed by atoms with E-state index in [4.69, 9.17) is 4.98 Å². The van der Waals surface area contributed by atoms with Gasteiger partial charge in [0.2, 0.25) is 5.95 Å². The second kappa shape index (κ2) is 9.19. The number of anilines is 3. The summed E-state index contributed by atoms with van der Waals surface area (Å²) in [6.07, 6.45) is 4.43. The highest BCUT2D eigenvalue weighted by molar-refractivity contribution is 5.77. The first-order valence-corrected chi connectivity index (χ1v) is 13.2. The van der Waals surface area contributed by atoms with Gasteiger partial charge in [-0.3, -0.25) is 14.5 Å². The van der Waals surface area contributed by atoms with Gasteiger partial charge in [-0.15, -0.1) is 11.7 Å². The van der Waals surface area contributed by atoms with Crippen molar-refractivity contribution >= 4 is 28.4 Å². The van der Waals surface area contributed by atoms with Gasteiger partial charge in [0, 0.05) is 43.3 Å². The lowest BCUT2D eigenvalue weighted by atomic mass is 9.77. The number of allylic oxidation sites excluding steroid dienone is 1. The molecule has 0 saturated carbocycles. The Kier molecular flexibility index (Phi) is 5.91. The van der Waals surface area contributed by atoms with E-state index in [1.807, 2.05) is 19.9 Å². The number of aryl methyl sites for hydroxylation is 1. The van der Waals surface area contributed by atoms with Crippen LogP contribution in [0.1, 0.15) is 31.9 Å². The highest BCUT2D eigenvalue weighted by Gasteiger charge is 2.51. The summed E-state index contributed by atoms with van der Waals surface area (Å²) in [6.45, 7) is 13.2. The Labute approximate surface area is 226 Å². The zero-order chi connectivity index (χ0) is 27.5. The molecule has 0 bridgehead atoms. The van der Waals surface area contributed by atoms with Crippen molar-refractivity contribution in [3.8, 4) is 5.82 Å². The van der Waals surface area contributed by atoms with Crippen LogP contribution in [0.2, 0.25) is 0 Å². The number of likely N-dealkylation sites (tertiary alicyclic amines) is 1. The van der Waals surface area contributed by atoms with Crippen molar-refractivity contribution < 1.29 is 0 Å². The summed E-state index contributed by atoms with van der Waals surface area (Å²) in [7, 11) is 2.21. The number of hydrogen-bond donors (Lipinski definition) is 1. The van der Waals surface area contributed by atoms with Crippen molar-refractivity contribution in [2.45, 2.75) is 45.3 Å². The summed E-state index contributed by atoms with van der Waals surface area (Å²) in [5, 5.41) is 8.17. The van der Waals surface area contributed by atoms with Crippen molar-refractivity contribution in [3.05, 3.63) is 75.5 Å². The molecule has 0 amide bonds. The van der Waals surface area contributed by atoms with Crippen molar-refractivity contribution in [2.75, 3.05) is 36.9 Å². The summed E-state index contributed by atoms with van der Waals surface area (Å²) < 4.78 is 4.50. The Bertz CT molecular complexity index is 1710. The van der Waals surface area contributed by atoms with E-state index in [0.717, 1.165) is 18.8 Å². The zero-order valence-corrected chi connectivity index (χ0v) is 22.8. The van der Waals surface area contributed by atoms with E-state index in [1.165, 1.54) is 45.8 Å². The molecule has 202 valence electrons. The van der Waals surface area contributed by atoms with Gasteiger partial charge in [-0.2, -0.15) is 4.98 Å². The Morgan fingerprint density at radius 3 is 2.62 bits per heavy atom. The molecule has 0 atom stereocenters. The molecule has 1 aromatic carbocycles. The molecule has 2 fully saturated rings. The molecule has 11 heteroatoms. The second-order valence-corrected chi connectivity index (χ2v) is 10.9. The number of hydrogen-bond acceptors (Lipinski definition) is 8. The lowest BCUT2D eigenvalue weighted by molar-refractivity contribution is -0.0128. The SMILES string of the molecule is C=CCn1c(=O)c2cnc(Nc3ccc(N4CC5(CCN5C)C4)c(C)c3)nc2n1-c1ccc(=O)n(C(C)C)n1. The monoisotopic (exact) mass is 527 g/mol. The van der Waals surface area contributed by atoms with Crippen LogP contribution in [0.25, 0.3) is 16.9 Å². The number of rotatable bonds is 7. The number of nitrogens with one attached hydrogen (secondary N) is 1. The van der Waals surface area contributed by atoms with Gasteiger partial charge in [-0.1, -0.05) is 6.08 Å². The minimum Gasteiger partial charge on any atom is -0.367 e. The average molecular weight is 528 g/mol.